The molecule has 1 unspecified atom stereocenters. The number of aliphatic imine (C=N–C) groups is 1. The van der Waals surface area contributed by atoms with Gasteiger partial charge in [-0.05, 0) is 26.0 Å². The Bertz CT molecular complexity index is 602. The molecule has 1 rings (SSSR count). The van der Waals surface area contributed by atoms with Crippen LogP contribution in [0, 0.1) is 0 Å². The van der Waals surface area contributed by atoms with Gasteiger partial charge in [0, 0.05) is 39.0 Å². The second-order valence-corrected chi connectivity index (χ2v) is 8.35. The van der Waals surface area contributed by atoms with Gasteiger partial charge in [0.1, 0.15) is 9.84 Å². The van der Waals surface area contributed by atoms with Gasteiger partial charge in [-0.1, -0.05) is 30.3 Å². The first-order valence-electron chi connectivity index (χ1n) is 8.18. The lowest BCUT2D eigenvalue weighted by atomic mass is 10.1. The molecule has 0 aromatic heterocycles. The lowest BCUT2D eigenvalue weighted by Gasteiger charge is -2.25. The maximum Gasteiger partial charge on any atom is 0.191 e. The van der Waals surface area contributed by atoms with Crippen LogP contribution < -0.4 is 10.6 Å². The zero-order valence-electron chi connectivity index (χ0n) is 15.1. The zero-order valence-corrected chi connectivity index (χ0v) is 15.9. The van der Waals surface area contributed by atoms with E-state index in [0.717, 1.165) is 19.5 Å². The molecule has 0 aliphatic heterocycles. The van der Waals surface area contributed by atoms with Gasteiger partial charge in [-0.3, -0.25) is 9.89 Å². The largest absolute Gasteiger partial charge is 0.356 e. The van der Waals surface area contributed by atoms with Crippen LogP contribution in [-0.2, 0) is 16.4 Å². The number of benzene rings is 1. The number of guanidine groups is 1. The molecule has 0 aliphatic rings. The molecular weight excluding hydrogens is 324 g/mol. The van der Waals surface area contributed by atoms with Crippen LogP contribution in [0.15, 0.2) is 35.3 Å². The fourth-order valence-electron chi connectivity index (χ4n) is 2.22. The third kappa shape index (κ3) is 8.88. The average molecular weight is 355 g/mol. The van der Waals surface area contributed by atoms with E-state index in [1.165, 1.54) is 11.8 Å². The molecule has 0 saturated carbocycles. The summed E-state index contributed by atoms with van der Waals surface area (Å²) >= 11 is 0. The molecule has 0 spiro atoms. The molecule has 2 N–H and O–H groups in total. The molecule has 1 aromatic carbocycles. The number of nitrogens with one attached hydrogen (secondary N) is 2. The number of rotatable bonds is 9. The molecule has 0 bridgehead atoms. The number of hydrogen-bond acceptors (Lipinski definition) is 4. The maximum absolute atomic E-state index is 11.1. The molecule has 0 radical (unpaired) electrons. The summed E-state index contributed by atoms with van der Waals surface area (Å²) in [5, 5.41) is 6.24. The summed E-state index contributed by atoms with van der Waals surface area (Å²) in [5.74, 6) is 0.737. The van der Waals surface area contributed by atoms with E-state index in [1.54, 1.807) is 7.05 Å². The van der Waals surface area contributed by atoms with E-state index in [0.29, 0.717) is 18.5 Å². The van der Waals surface area contributed by atoms with Crippen molar-refractivity contribution in [2.24, 2.45) is 4.99 Å². The van der Waals surface area contributed by atoms with E-state index in [2.05, 4.69) is 58.8 Å². The predicted octanol–water partition coefficient (Wildman–Crippen LogP) is 1.11. The van der Waals surface area contributed by atoms with Crippen LogP contribution in [0.3, 0.4) is 0 Å². The van der Waals surface area contributed by atoms with Gasteiger partial charge in [0.25, 0.3) is 0 Å². The highest BCUT2D eigenvalue weighted by Gasteiger charge is 2.10. The molecule has 136 valence electrons. The summed E-state index contributed by atoms with van der Waals surface area (Å²) in [4.78, 5) is 6.42. The monoisotopic (exact) mass is 354 g/mol. The van der Waals surface area contributed by atoms with Crippen LogP contribution in [-0.4, -0.2) is 64.5 Å². The molecule has 6 nitrogen and oxygen atoms in total. The van der Waals surface area contributed by atoms with Crippen LogP contribution >= 0.6 is 0 Å². The van der Waals surface area contributed by atoms with E-state index in [4.69, 9.17) is 0 Å². The van der Waals surface area contributed by atoms with E-state index in [9.17, 15) is 8.42 Å². The highest BCUT2D eigenvalue weighted by molar-refractivity contribution is 7.90. The summed E-state index contributed by atoms with van der Waals surface area (Å²) in [6.45, 7) is 4.26. The van der Waals surface area contributed by atoms with Crippen molar-refractivity contribution in [1.29, 1.82) is 0 Å². The molecule has 1 aromatic rings. The molecule has 7 heteroatoms. The molecule has 0 fully saturated rings. The van der Waals surface area contributed by atoms with Crippen molar-refractivity contribution in [3.8, 4) is 0 Å². The van der Waals surface area contributed by atoms with Crippen LogP contribution in [0.1, 0.15) is 18.9 Å². The quantitative estimate of drug-likeness (QED) is 0.513. The Balaban J connectivity index is 2.28. The van der Waals surface area contributed by atoms with Gasteiger partial charge in [0.05, 0.1) is 5.75 Å². The van der Waals surface area contributed by atoms with Crippen molar-refractivity contribution in [3.05, 3.63) is 35.9 Å². The van der Waals surface area contributed by atoms with Gasteiger partial charge >= 0.3 is 0 Å². The molecule has 0 aliphatic carbocycles. The summed E-state index contributed by atoms with van der Waals surface area (Å²) in [7, 11) is 0.848. The van der Waals surface area contributed by atoms with Gasteiger partial charge in [-0.25, -0.2) is 8.42 Å². The Morgan fingerprint density at radius 3 is 2.42 bits per heavy atom. The van der Waals surface area contributed by atoms with Crippen molar-refractivity contribution in [3.63, 3.8) is 0 Å². The first-order chi connectivity index (χ1) is 11.3. The highest BCUT2D eigenvalue weighted by atomic mass is 32.2. The number of hydrogen-bond donors (Lipinski definition) is 2. The maximum atomic E-state index is 11.1. The fraction of sp³-hybridized carbons (Fsp3) is 0.588. The summed E-state index contributed by atoms with van der Waals surface area (Å²) in [5.41, 5.74) is 1.30. The Hall–Kier alpha value is -1.60. The SMILES string of the molecule is CN=C(NCCC(C)N(C)Cc1ccccc1)NCCS(C)(=O)=O. The lowest BCUT2D eigenvalue weighted by Crippen LogP contribution is -2.41. The Kier molecular flexibility index (Phi) is 8.78. The average Bonchev–Trinajstić information content (AvgIpc) is 2.53. The van der Waals surface area contributed by atoms with Gasteiger partial charge < -0.3 is 10.6 Å². The van der Waals surface area contributed by atoms with Gasteiger partial charge in [0.2, 0.25) is 0 Å². The van der Waals surface area contributed by atoms with Crippen LogP contribution in [0.2, 0.25) is 0 Å². The second-order valence-electron chi connectivity index (χ2n) is 6.09. The van der Waals surface area contributed by atoms with Crippen molar-refractivity contribution in [1.82, 2.24) is 15.5 Å². The van der Waals surface area contributed by atoms with Gasteiger partial charge in [-0.2, -0.15) is 0 Å². The molecule has 1 atom stereocenters. The fourth-order valence-corrected chi connectivity index (χ4v) is 2.70. The third-order valence-electron chi connectivity index (χ3n) is 3.87. The van der Waals surface area contributed by atoms with E-state index in [-0.39, 0.29) is 5.75 Å². The van der Waals surface area contributed by atoms with Crippen LogP contribution in [0.25, 0.3) is 0 Å². The number of nitrogens with zero attached hydrogens (tertiary/aromatic N) is 2. The minimum Gasteiger partial charge on any atom is -0.356 e. The third-order valence-corrected chi connectivity index (χ3v) is 4.82. The smallest absolute Gasteiger partial charge is 0.191 e. The van der Waals surface area contributed by atoms with E-state index < -0.39 is 9.84 Å². The van der Waals surface area contributed by atoms with Crippen molar-refractivity contribution in [2.45, 2.75) is 25.9 Å². The van der Waals surface area contributed by atoms with Crippen LogP contribution in [0.5, 0.6) is 0 Å². The van der Waals surface area contributed by atoms with Gasteiger partial charge in [-0.15, -0.1) is 0 Å². The molecule has 0 heterocycles. The first kappa shape index (κ1) is 20.4. The lowest BCUT2D eigenvalue weighted by molar-refractivity contribution is 0.238. The molecular formula is C17H30N4O2S. The Labute approximate surface area is 146 Å². The predicted molar refractivity (Wildman–Crippen MR) is 101 cm³/mol. The summed E-state index contributed by atoms with van der Waals surface area (Å²) in [6.07, 6.45) is 2.20. The van der Waals surface area contributed by atoms with Crippen molar-refractivity contribution >= 4 is 15.8 Å². The molecule has 0 saturated heterocycles. The minimum atomic E-state index is -2.95. The molecule has 24 heavy (non-hydrogen) atoms. The van der Waals surface area contributed by atoms with Crippen LogP contribution in [0.4, 0.5) is 0 Å². The molecule has 0 amide bonds. The summed E-state index contributed by atoms with van der Waals surface area (Å²) in [6, 6.07) is 10.8. The topological polar surface area (TPSA) is 73.8 Å². The van der Waals surface area contributed by atoms with E-state index in [1.807, 2.05) is 6.07 Å². The minimum absolute atomic E-state index is 0.101. The number of sulfone groups is 1. The standard InChI is InChI=1S/C17H30N4O2S/c1-15(21(3)14-16-8-6-5-7-9-16)10-11-19-17(18-2)20-12-13-24(4,22)23/h5-9,15H,10-14H2,1-4H3,(H2,18,19,20). The Morgan fingerprint density at radius 1 is 1.21 bits per heavy atom. The summed E-state index contributed by atoms with van der Waals surface area (Å²) < 4.78 is 22.2. The van der Waals surface area contributed by atoms with Crippen molar-refractivity contribution in [2.75, 3.05) is 39.2 Å². The van der Waals surface area contributed by atoms with Crippen molar-refractivity contribution < 1.29 is 8.42 Å². The zero-order chi connectivity index (χ0) is 18.0. The highest BCUT2D eigenvalue weighted by Crippen LogP contribution is 2.07. The van der Waals surface area contributed by atoms with E-state index >= 15 is 0 Å². The normalized spacial score (nSPS) is 13.8. The Morgan fingerprint density at radius 2 is 1.83 bits per heavy atom. The van der Waals surface area contributed by atoms with Gasteiger partial charge in [0.15, 0.2) is 5.96 Å². The second kappa shape index (κ2) is 10.3. The first-order valence-corrected chi connectivity index (χ1v) is 10.2.